The Morgan fingerprint density at radius 3 is 1.02 bits per heavy atom. The number of allylic oxidation sites excluding steroid dienone is 18. The van der Waals surface area contributed by atoms with Gasteiger partial charge >= 0.3 is 17.9 Å². The third-order valence-electron chi connectivity index (χ3n) is 11.0. The predicted octanol–water partition coefficient (Wildman–Crippen LogP) is 17.9. The lowest BCUT2D eigenvalue weighted by molar-refractivity contribution is -0.166. The lowest BCUT2D eigenvalue weighted by Crippen LogP contribution is -2.30. The highest BCUT2D eigenvalue weighted by molar-refractivity contribution is 5.71. The van der Waals surface area contributed by atoms with Crippen molar-refractivity contribution in [1.29, 1.82) is 0 Å². The first kappa shape index (κ1) is 62.1. The van der Waals surface area contributed by atoms with E-state index in [1.807, 2.05) is 12.2 Å². The zero-order chi connectivity index (χ0) is 47.9. The maximum atomic E-state index is 12.8. The number of carbonyl (C=O) groups excluding carboxylic acids is 3. The van der Waals surface area contributed by atoms with Crippen LogP contribution in [-0.2, 0) is 28.6 Å². The van der Waals surface area contributed by atoms with E-state index in [2.05, 4.69) is 118 Å². The molecule has 0 aliphatic rings. The maximum absolute atomic E-state index is 12.8. The van der Waals surface area contributed by atoms with Crippen LogP contribution in [0.15, 0.2) is 109 Å². The van der Waals surface area contributed by atoms with E-state index in [0.29, 0.717) is 19.3 Å². The number of esters is 3. The van der Waals surface area contributed by atoms with Gasteiger partial charge in [-0.05, 0) is 89.9 Å². The fourth-order valence-electron chi connectivity index (χ4n) is 7.07. The standard InChI is InChI=1S/C60H98O6/c1-4-7-10-13-16-19-22-25-27-29-30-31-33-35-38-41-44-47-50-53-59(62)65-56-57(55-64-58(61)52-49-46-43-40-37-34-24-21-18-15-12-9-6-3)66-60(63)54-51-48-45-42-39-36-32-28-26-23-20-17-14-11-8-5-2/h7,9-10,12,16,18-19,21,25,27,30-31,34-35,37-38,44,47,57H,4-6,8,11,13-15,17,20,22-24,26,28-29,32-33,36,39-43,45-46,48-56H2,1-3H3/b10-7-,12-9-,19-16-,21-18-,27-25-,31-30-,37-34-,38-35-,47-44-. The average Bonchev–Trinajstić information content (AvgIpc) is 3.31. The molecular formula is C60H98O6. The largest absolute Gasteiger partial charge is 0.462 e. The average molecular weight is 915 g/mol. The molecule has 0 aliphatic carbocycles. The Kier molecular flexibility index (Phi) is 50.5. The van der Waals surface area contributed by atoms with Gasteiger partial charge in [0.15, 0.2) is 6.10 Å². The Hall–Kier alpha value is -3.93. The van der Waals surface area contributed by atoms with Crippen LogP contribution in [0.3, 0.4) is 0 Å². The second kappa shape index (κ2) is 53.7. The first-order valence-corrected chi connectivity index (χ1v) is 26.9. The van der Waals surface area contributed by atoms with E-state index in [4.69, 9.17) is 14.2 Å². The van der Waals surface area contributed by atoms with Crippen molar-refractivity contribution in [3.8, 4) is 0 Å². The van der Waals surface area contributed by atoms with Gasteiger partial charge < -0.3 is 14.2 Å². The Morgan fingerprint density at radius 2 is 0.621 bits per heavy atom. The summed E-state index contributed by atoms with van der Waals surface area (Å²) in [6, 6.07) is 0. The molecule has 1 atom stereocenters. The molecule has 0 aromatic heterocycles. The monoisotopic (exact) mass is 915 g/mol. The van der Waals surface area contributed by atoms with Crippen LogP contribution in [0.2, 0.25) is 0 Å². The fourth-order valence-corrected chi connectivity index (χ4v) is 7.07. The molecule has 0 aliphatic heterocycles. The van der Waals surface area contributed by atoms with Gasteiger partial charge in [0.05, 0.1) is 0 Å². The van der Waals surface area contributed by atoms with Crippen LogP contribution in [0.25, 0.3) is 0 Å². The third-order valence-corrected chi connectivity index (χ3v) is 11.0. The summed E-state index contributed by atoms with van der Waals surface area (Å²) < 4.78 is 16.7. The summed E-state index contributed by atoms with van der Waals surface area (Å²) in [5, 5.41) is 0. The normalized spacial score (nSPS) is 13.0. The van der Waals surface area contributed by atoms with E-state index in [0.717, 1.165) is 103 Å². The number of unbranched alkanes of at least 4 members (excludes halogenated alkanes) is 18. The first-order valence-electron chi connectivity index (χ1n) is 26.9. The minimum atomic E-state index is -0.820. The molecule has 0 fully saturated rings. The summed E-state index contributed by atoms with van der Waals surface area (Å²) in [5.74, 6) is -1.03. The van der Waals surface area contributed by atoms with E-state index < -0.39 is 6.10 Å². The minimum Gasteiger partial charge on any atom is -0.462 e. The molecule has 0 bridgehead atoms. The molecule has 0 saturated heterocycles. The van der Waals surface area contributed by atoms with Crippen LogP contribution in [0.4, 0.5) is 0 Å². The van der Waals surface area contributed by atoms with Crippen molar-refractivity contribution in [2.75, 3.05) is 13.2 Å². The summed E-state index contributed by atoms with van der Waals surface area (Å²) in [7, 11) is 0. The van der Waals surface area contributed by atoms with E-state index in [9.17, 15) is 14.4 Å². The molecule has 66 heavy (non-hydrogen) atoms. The summed E-state index contributed by atoms with van der Waals surface area (Å²) in [6.45, 7) is 6.32. The molecule has 0 aromatic carbocycles. The topological polar surface area (TPSA) is 78.9 Å². The molecule has 6 nitrogen and oxygen atoms in total. The third kappa shape index (κ3) is 51.1. The number of ether oxygens (including phenoxy) is 3. The number of rotatable bonds is 47. The molecule has 0 saturated carbocycles. The highest BCUT2D eigenvalue weighted by Gasteiger charge is 2.19. The van der Waals surface area contributed by atoms with Crippen LogP contribution in [0.1, 0.15) is 233 Å². The molecule has 374 valence electrons. The summed E-state index contributed by atoms with van der Waals surface area (Å²) in [6.07, 6.45) is 72.3. The van der Waals surface area contributed by atoms with E-state index in [1.54, 1.807) is 0 Å². The highest BCUT2D eigenvalue weighted by atomic mass is 16.6. The Labute approximate surface area is 406 Å². The van der Waals surface area contributed by atoms with Gasteiger partial charge in [-0.3, -0.25) is 14.4 Å². The molecule has 0 N–H and O–H groups in total. The summed E-state index contributed by atoms with van der Waals surface area (Å²) >= 11 is 0. The van der Waals surface area contributed by atoms with Crippen LogP contribution >= 0.6 is 0 Å². The second-order valence-corrected chi connectivity index (χ2v) is 17.4. The molecule has 0 aromatic rings. The Bertz CT molecular complexity index is 1370. The van der Waals surface area contributed by atoms with E-state index in [1.165, 1.54) is 83.5 Å². The fraction of sp³-hybridized carbons (Fsp3) is 0.650. The molecule has 0 heterocycles. The molecule has 0 amide bonds. The van der Waals surface area contributed by atoms with Gasteiger partial charge in [-0.25, -0.2) is 0 Å². The van der Waals surface area contributed by atoms with Crippen molar-refractivity contribution in [1.82, 2.24) is 0 Å². The van der Waals surface area contributed by atoms with E-state index >= 15 is 0 Å². The Balaban J connectivity index is 4.53. The van der Waals surface area contributed by atoms with E-state index in [-0.39, 0.29) is 37.5 Å². The minimum absolute atomic E-state index is 0.117. The van der Waals surface area contributed by atoms with Gasteiger partial charge in [-0.1, -0.05) is 233 Å². The predicted molar refractivity (Wildman–Crippen MR) is 283 cm³/mol. The van der Waals surface area contributed by atoms with Crippen LogP contribution in [-0.4, -0.2) is 37.2 Å². The number of hydrogen-bond donors (Lipinski definition) is 0. The highest BCUT2D eigenvalue weighted by Crippen LogP contribution is 2.15. The van der Waals surface area contributed by atoms with Crippen molar-refractivity contribution in [3.63, 3.8) is 0 Å². The smallest absolute Gasteiger partial charge is 0.306 e. The van der Waals surface area contributed by atoms with Crippen LogP contribution in [0.5, 0.6) is 0 Å². The molecule has 0 rings (SSSR count). The first-order chi connectivity index (χ1) is 32.5. The number of hydrogen-bond acceptors (Lipinski definition) is 6. The van der Waals surface area contributed by atoms with Crippen molar-refractivity contribution < 1.29 is 28.6 Å². The van der Waals surface area contributed by atoms with Gasteiger partial charge in [0.2, 0.25) is 0 Å². The molecule has 1 unspecified atom stereocenters. The summed E-state index contributed by atoms with van der Waals surface area (Å²) in [5.41, 5.74) is 0. The maximum Gasteiger partial charge on any atom is 0.306 e. The van der Waals surface area contributed by atoms with Gasteiger partial charge in [-0.2, -0.15) is 0 Å². The lowest BCUT2D eigenvalue weighted by atomic mass is 10.0. The van der Waals surface area contributed by atoms with Crippen molar-refractivity contribution >= 4 is 17.9 Å². The van der Waals surface area contributed by atoms with Gasteiger partial charge in [0, 0.05) is 19.3 Å². The van der Waals surface area contributed by atoms with Gasteiger partial charge in [0.1, 0.15) is 13.2 Å². The Morgan fingerprint density at radius 1 is 0.318 bits per heavy atom. The zero-order valence-electron chi connectivity index (χ0n) is 42.7. The van der Waals surface area contributed by atoms with Crippen LogP contribution < -0.4 is 0 Å². The van der Waals surface area contributed by atoms with Crippen molar-refractivity contribution in [2.24, 2.45) is 0 Å². The zero-order valence-corrected chi connectivity index (χ0v) is 42.7. The molecular weight excluding hydrogens is 817 g/mol. The van der Waals surface area contributed by atoms with Crippen molar-refractivity contribution in [3.05, 3.63) is 109 Å². The van der Waals surface area contributed by atoms with Gasteiger partial charge in [-0.15, -0.1) is 0 Å². The SMILES string of the molecule is CC/C=C\C/C=C\C/C=C\C/C=C\C/C=C\C/C=C\CCC(=O)OCC(COC(=O)CCCCC/C=C\C/C=C\C/C=C\CC)OC(=O)CCCCCCCCCCCCCCCCCC. The molecule has 0 spiro atoms. The lowest BCUT2D eigenvalue weighted by Gasteiger charge is -2.18. The van der Waals surface area contributed by atoms with Crippen molar-refractivity contribution in [2.45, 2.75) is 239 Å². The van der Waals surface area contributed by atoms with Gasteiger partial charge in [0.25, 0.3) is 0 Å². The number of carbonyl (C=O) groups is 3. The van der Waals surface area contributed by atoms with Crippen LogP contribution in [0, 0.1) is 0 Å². The quantitative estimate of drug-likeness (QED) is 0.0262. The molecule has 0 radical (unpaired) electrons. The summed E-state index contributed by atoms with van der Waals surface area (Å²) in [4.78, 5) is 38.0. The second-order valence-electron chi connectivity index (χ2n) is 17.4. The molecule has 6 heteroatoms.